The number of aliphatic hydroxyl groups is 1. The molecule has 1 fully saturated rings. The summed E-state index contributed by atoms with van der Waals surface area (Å²) >= 11 is 0. The molecule has 2 heterocycles. The molecule has 2 atom stereocenters. The van der Waals surface area contributed by atoms with Crippen LogP contribution in [0.5, 0.6) is 0 Å². The molecule has 0 unspecified atom stereocenters. The quantitative estimate of drug-likeness (QED) is 0.278. The van der Waals surface area contributed by atoms with Crippen LogP contribution in [0.4, 0.5) is 0 Å². The Bertz CT molecular complexity index is 1470. The third-order valence-corrected chi connectivity index (χ3v) is 7.84. The van der Waals surface area contributed by atoms with Crippen LogP contribution in [0.15, 0.2) is 97.1 Å². The number of fused-ring (bicyclic) bond motifs is 3. The van der Waals surface area contributed by atoms with Gasteiger partial charge in [0.25, 0.3) is 0 Å². The molecule has 5 aromatic rings. The molecule has 0 saturated carbocycles. The van der Waals surface area contributed by atoms with Crippen LogP contribution < -0.4 is 0 Å². The zero-order valence-corrected chi connectivity index (χ0v) is 21.0. The number of piperidine rings is 1. The van der Waals surface area contributed by atoms with Crippen molar-refractivity contribution in [1.29, 1.82) is 0 Å². The first-order valence-electron chi connectivity index (χ1n) is 13.3. The Morgan fingerprint density at radius 2 is 1.44 bits per heavy atom. The zero-order chi connectivity index (χ0) is 24.5. The summed E-state index contributed by atoms with van der Waals surface area (Å²) in [5.74, 6) is 0. The number of benzene rings is 4. The smallest absolute Gasteiger partial charge is 0.0846 e. The van der Waals surface area contributed by atoms with E-state index in [0.29, 0.717) is 19.1 Å². The molecule has 3 heteroatoms. The normalized spacial score (nSPS) is 17.6. The minimum atomic E-state index is -0.453. The molecule has 4 aromatic carbocycles. The standard InChI is InChI=1S/C33H34N2O/c1-24-12-10-11-21-34(24)22-28(36)23-35-32(27-16-6-3-7-17-27)31(26-14-4-2-5-15-26)30-20-19-25-13-8-9-18-29(25)33(30)35/h2-9,13-20,24,28,36H,10-12,21-23H2,1H3/t24-,28+/m0/s1. The van der Waals surface area contributed by atoms with E-state index in [4.69, 9.17) is 0 Å². The SMILES string of the molecule is C[C@H]1CCCCN1C[C@@H](O)Cn1c(-c2ccccc2)c(-c2ccccc2)c2ccc3ccccc3c21. The maximum atomic E-state index is 11.5. The lowest BCUT2D eigenvalue weighted by Gasteiger charge is -2.35. The van der Waals surface area contributed by atoms with Crippen molar-refractivity contribution in [3.8, 4) is 22.4 Å². The Hall–Kier alpha value is -3.40. The van der Waals surface area contributed by atoms with Crippen molar-refractivity contribution in [2.75, 3.05) is 13.1 Å². The van der Waals surface area contributed by atoms with Crippen LogP contribution in [-0.2, 0) is 6.54 Å². The van der Waals surface area contributed by atoms with Gasteiger partial charge >= 0.3 is 0 Å². The molecule has 6 rings (SSSR count). The monoisotopic (exact) mass is 474 g/mol. The number of nitrogens with zero attached hydrogens (tertiary/aromatic N) is 2. The van der Waals surface area contributed by atoms with Gasteiger partial charge in [-0.2, -0.15) is 0 Å². The first-order chi connectivity index (χ1) is 17.7. The molecule has 1 aliphatic heterocycles. The lowest BCUT2D eigenvalue weighted by molar-refractivity contribution is 0.0647. The maximum absolute atomic E-state index is 11.5. The van der Waals surface area contributed by atoms with E-state index in [1.165, 1.54) is 63.3 Å². The highest BCUT2D eigenvalue weighted by Crippen LogP contribution is 2.43. The molecule has 0 amide bonds. The van der Waals surface area contributed by atoms with E-state index in [1.54, 1.807) is 0 Å². The summed E-state index contributed by atoms with van der Waals surface area (Å²) in [6, 6.07) is 35.0. The number of hydrogen-bond acceptors (Lipinski definition) is 2. The number of rotatable bonds is 6. The van der Waals surface area contributed by atoms with Gasteiger partial charge in [0.15, 0.2) is 0 Å². The van der Waals surface area contributed by atoms with E-state index in [2.05, 4.69) is 113 Å². The molecule has 0 radical (unpaired) electrons. The van der Waals surface area contributed by atoms with Gasteiger partial charge in [-0.3, -0.25) is 4.90 Å². The van der Waals surface area contributed by atoms with Gasteiger partial charge in [-0.05, 0) is 42.8 Å². The van der Waals surface area contributed by atoms with E-state index in [0.717, 1.165) is 6.54 Å². The van der Waals surface area contributed by atoms with Crippen molar-refractivity contribution in [2.24, 2.45) is 0 Å². The topological polar surface area (TPSA) is 28.4 Å². The average Bonchev–Trinajstić information content (AvgIpc) is 3.25. The molecular formula is C33H34N2O. The second-order valence-corrected chi connectivity index (χ2v) is 10.2. The van der Waals surface area contributed by atoms with E-state index in [1.807, 2.05) is 0 Å². The average molecular weight is 475 g/mol. The van der Waals surface area contributed by atoms with Crippen molar-refractivity contribution < 1.29 is 5.11 Å². The van der Waals surface area contributed by atoms with Gasteiger partial charge in [0.05, 0.1) is 23.9 Å². The van der Waals surface area contributed by atoms with E-state index >= 15 is 0 Å². The van der Waals surface area contributed by atoms with Crippen LogP contribution in [-0.4, -0.2) is 39.8 Å². The largest absolute Gasteiger partial charge is 0.390 e. The molecule has 0 bridgehead atoms. The van der Waals surface area contributed by atoms with Gasteiger partial charge in [-0.15, -0.1) is 0 Å². The lowest BCUT2D eigenvalue weighted by Crippen LogP contribution is -2.43. The van der Waals surface area contributed by atoms with E-state index < -0.39 is 6.10 Å². The fourth-order valence-corrected chi connectivity index (χ4v) is 6.07. The van der Waals surface area contributed by atoms with E-state index in [9.17, 15) is 5.11 Å². The number of likely N-dealkylation sites (tertiary alicyclic amines) is 1. The van der Waals surface area contributed by atoms with Crippen molar-refractivity contribution in [1.82, 2.24) is 9.47 Å². The highest BCUT2D eigenvalue weighted by molar-refractivity contribution is 6.15. The number of hydrogen-bond donors (Lipinski definition) is 1. The minimum absolute atomic E-state index is 0.453. The summed E-state index contributed by atoms with van der Waals surface area (Å²) < 4.78 is 2.40. The first kappa shape index (κ1) is 23.0. The summed E-state index contributed by atoms with van der Waals surface area (Å²) in [4.78, 5) is 2.47. The predicted molar refractivity (Wildman–Crippen MR) is 151 cm³/mol. The van der Waals surface area contributed by atoms with Crippen LogP contribution in [0, 0.1) is 0 Å². The Morgan fingerprint density at radius 3 is 2.19 bits per heavy atom. The highest BCUT2D eigenvalue weighted by atomic mass is 16.3. The molecule has 0 spiro atoms. The molecule has 3 nitrogen and oxygen atoms in total. The second kappa shape index (κ2) is 9.93. The highest BCUT2D eigenvalue weighted by Gasteiger charge is 2.25. The van der Waals surface area contributed by atoms with Crippen LogP contribution in [0.25, 0.3) is 44.1 Å². The summed E-state index contributed by atoms with van der Waals surface area (Å²) in [7, 11) is 0. The zero-order valence-electron chi connectivity index (χ0n) is 21.0. The summed E-state index contributed by atoms with van der Waals surface area (Å²) in [6.07, 6.45) is 3.28. The Balaban J connectivity index is 1.58. The first-order valence-corrected chi connectivity index (χ1v) is 13.3. The Kier molecular flexibility index (Phi) is 6.35. The van der Waals surface area contributed by atoms with Gasteiger partial charge in [0, 0.05) is 28.9 Å². The predicted octanol–water partition coefficient (Wildman–Crippen LogP) is 7.36. The van der Waals surface area contributed by atoms with Crippen LogP contribution in [0.3, 0.4) is 0 Å². The van der Waals surface area contributed by atoms with Crippen molar-refractivity contribution in [2.45, 2.75) is 44.9 Å². The lowest BCUT2D eigenvalue weighted by atomic mass is 9.97. The third-order valence-electron chi connectivity index (χ3n) is 7.84. The van der Waals surface area contributed by atoms with Gasteiger partial charge in [-0.25, -0.2) is 0 Å². The van der Waals surface area contributed by atoms with Crippen molar-refractivity contribution >= 4 is 21.7 Å². The second-order valence-electron chi connectivity index (χ2n) is 10.2. The molecule has 1 aliphatic rings. The van der Waals surface area contributed by atoms with Crippen LogP contribution in [0.1, 0.15) is 26.2 Å². The molecule has 1 aromatic heterocycles. The molecular weight excluding hydrogens is 440 g/mol. The van der Waals surface area contributed by atoms with Crippen molar-refractivity contribution in [3.63, 3.8) is 0 Å². The maximum Gasteiger partial charge on any atom is 0.0846 e. The van der Waals surface area contributed by atoms with Gasteiger partial charge in [-0.1, -0.05) is 103 Å². The Labute approximate surface area is 213 Å². The number of β-amino-alcohol motifs (C(OH)–C–C–N with tert-alkyl or cyclic N) is 1. The van der Waals surface area contributed by atoms with Crippen molar-refractivity contribution in [3.05, 3.63) is 97.1 Å². The molecule has 1 N–H and O–H groups in total. The Morgan fingerprint density at radius 1 is 0.750 bits per heavy atom. The summed E-state index contributed by atoms with van der Waals surface area (Å²) in [5.41, 5.74) is 6.00. The summed E-state index contributed by atoms with van der Waals surface area (Å²) in [6.45, 7) is 4.65. The van der Waals surface area contributed by atoms with Crippen LogP contribution in [0.2, 0.25) is 0 Å². The van der Waals surface area contributed by atoms with Crippen LogP contribution >= 0.6 is 0 Å². The van der Waals surface area contributed by atoms with Gasteiger partial charge in [0.2, 0.25) is 0 Å². The summed E-state index contributed by atoms with van der Waals surface area (Å²) in [5, 5.41) is 15.2. The van der Waals surface area contributed by atoms with E-state index in [-0.39, 0.29) is 0 Å². The van der Waals surface area contributed by atoms with Gasteiger partial charge in [0.1, 0.15) is 0 Å². The van der Waals surface area contributed by atoms with Gasteiger partial charge < -0.3 is 9.67 Å². The number of aliphatic hydroxyl groups excluding tert-OH is 1. The molecule has 182 valence electrons. The molecule has 1 saturated heterocycles. The fraction of sp³-hybridized carbons (Fsp3) is 0.273. The third kappa shape index (κ3) is 4.23. The fourth-order valence-electron chi connectivity index (χ4n) is 6.07. The number of aromatic nitrogens is 1. The molecule has 36 heavy (non-hydrogen) atoms. The molecule has 0 aliphatic carbocycles. The minimum Gasteiger partial charge on any atom is -0.390 e.